The molecular formula is C13H16Cl2N4. The molecule has 1 aromatic heterocycles. The first-order valence-electron chi connectivity index (χ1n) is 6.18. The normalized spacial score (nSPS) is 12.6. The Kier molecular flexibility index (Phi) is 4.80. The Morgan fingerprint density at radius 1 is 1.37 bits per heavy atom. The van der Waals surface area contributed by atoms with E-state index in [-0.39, 0.29) is 6.04 Å². The van der Waals surface area contributed by atoms with Crippen LogP contribution in [0, 0.1) is 0 Å². The van der Waals surface area contributed by atoms with Gasteiger partial charge in [-0.3, -0.25) is 0 Å². The van der Waals surface area contributed by atoms with Crippen molar-refractivity contribution in [3.05, 3.63) is 45.7 Å². The van der Waals surface area contributed by atoms with Crippen LogP contribution in [0.5, 0.6) is 0 Å². The summed E-state index contributed by atoms with van der Waals surface area (Å²) in [4.78, 5) is 0. The van der Waals surface area contributed by atoms with Gasteiger partial charge in [-0.15, -0.1) is 5.10 Å². The van der Waals surface area contributed by atoms with Crippen molar-refractivity contribution in [3.63, 3.8) is 0 Å². The van der Waals surface area contributed by atoms with E-state index in [1.54, 1.807) is 12.3 Å². The van der Waals surface area contributed by atoms with E-state index in [1.165, 1.54) is 0 Å². The van der Waals surface area contributed by atoms with Crippen molar-refractivity contribution in [2.75, 3.05) is 7.05 Å². The highest BCUT2D eigenvalue weighted by Gasteiger charge is 2.20. The van der Waals surface area contributed by atoms with E-state index in [0.717, 1.165) is 24.2 Å². The lowest BCUT2D eigenvalue weighted by molar-refractivity contribution is 0.523. The third-order valence-corrected chi connectivity index (χ3v) is 3.79. The van der Waals surface area contributed by atoms with Gasteiger partial charge in [0, 0.05) is 6.54 Å². The highest BCUT2D eigenvalue weighted by atomic mass is 35.5. The molecule has 0 bridgehead atoms. The zero-order valence-electron chi connectivity index (χ0n) is 10.9. The number of rotatable bonds is 5. The molecule has 0 saturated heterocycles. The molecule has 1 aromatic carbocycles. The maximum atomic E-state index is 6.29. The third-order valence-electron chi connectivity index (χ3n) is 2.96. The molecule has 19 heavy (non-hydrogen) atoms. The van der Waals surface area contributed by atoms with Crippen molar-refractivity contribution >= 4 is 23.2 Å². The van der Waals surface area contributed by atoms with Gasteiger partial charge >= 0.3 is 0 Å². The number of hydrogen-bond acceptors (Lipinski definition) is 3. The van der Waals surface area contributed by atoms with E-state index in [9.17, 15) is 0 Å². The molecule has 1 unspecified atom stereocenters. The zero-order valence-corrected chi connectivity index (χ0v) is 12.4. The predicted molar refractivity (Wildman–Crippen MR) is 77.7 cm³/mol. The zero-order chi connectivity index (χ0) is 13.8. The molecule has 0 radical (unpaired) electrons. The predicted octanol–water partition coefficient (Wildman–Crippen LogP) is 3.30. The topological polar surface area (TPSA) is 42.7 Å². The van der Waals surface area contributed by atoms with Gasteiger partial charge in [-0.05, 0) is 25.1 Å². The van der Waals surface area contributed by atoms with Crippen LogP contribution in [-0.2, 0) is 6.54 Å². The van der Waals surface area contributed by atoms with E-state index < -0.39 is 0 Å². The summed E-state index contributed by atoms with van der Waals surface area (Å²) in [6.45, 7) is 2.93. The molecule has 2 rings (SSSR count). The van der Waals surface area contributed by atoms with Crippen LogP contribution in [0.25, 0.3) is 0 Å². The number of nitrogens with zero attached hydrogens (tertiary/aromatic N) is 3. The van der Waals surface area contributed by atoms with Crippen LogP contribution in [0.4, 0.5) is 0 Å². The minimum absolute atomic E-state index is 0.0762. The Morgan fingerprint density at radius 2 is 2.16 bits per heavy atom. The maximum absolute atomic E-state index is 6.29. The Labute approximate surface area is 122 Å². The van der Waals surface area contributed by atoms with E-state index >= 15 is 0 Å². The minimum Gasteiger partial charge on any atom is -0.308 e. The molecule has 0 spiro atoms. The molecule has 4 nitrogen and oxygen atoms in total. The number of nitrogens with one attached hydrogen (secondary N) is 1. The average Bonchev–Trinajstić information content (AvgIpc) is 2.84. The lowest BCUT2D eigenvalue weighted by atomic mass is 10.0. The Morgan fingerprint density at radius 3 is 2.84 bits per heavy atom. The van der Waals surface area contributed by atoms with Crippen molar-refractivity contribution < 1.29 is 0 Å². The van der Waals surface area contributed by atoms with E-state index in [4.69, 9.17) is 23.2 Å². The second kappa shape index (κ2) is 6.37. The summed E-state index contributed by atoms with van der Waals surface area (Å²) in [5.74, 6) is 0. The first-order valence-corrected chi connectivity index (χ1v) is 6.94. The van der Waals surface area contributed by atoms with Crippen LogP contribution >= 0.6 is 23.2 Å². The lowest BCUT2D eigenvalue weighted by Gasteiger charge is -2.19. The summed E-state index contributed by atoms with van der Waals surface area (Å²) in [5, 5.41) is 12.4. The molecule has 0 aliphatic rings. The van der Waals surface area contributed by atoms with Crippen molar-refractivity contribution in [2.24, 2.45) is 0 Å². The molecule has 1 N–H and O–H groups in total. The van der Waals surface area contributed by atoms with Crippen LogP contribution in [0.3, 0.4) is 0 Å². The minimum atomic E-state index is -0.0762. The molecule has 6 heteroatoms. The summed E-state index contributed by atoms with van der Waals surface area (Å²) in [5.41, 5.74) is 1.91. The molecule has 0 aliphatic heterocycles. The molecule has 1 heterocycles. The number of halogens is 2. The molecule has 1 atom stereocenters. The van der Waals surface area contributed by atoms with Crippen LogP contribution in [0.15, 0.2) is 24.4 Å². The molecule has 2 aromatic rings. The fourth-order valence-electron chi connectivity index (χ4n) is 2.08. The van der Waals surface area contributed by atoms with Gasteiger partial charge < -0.3 is 5.32 Å². The van der Waals surface area contributed by atoms with E-state index in [0.29, 0.717) is 10.0 Å². The van der Waals surface area contributed by atoms with Gasteiger partial charge in [0.05, 0.1) is 28.0 Å². The Hall–Kier alpha value is -1.10. The monoisotopic (exact) mass is 298 g/mol. The van der Waals surface area contributed by atoms with E-state index in [1.807, 2.05) is 23.9 Å². The largest absolute Gasteiger partial charge is 0.308 e. The van der Waals surface area contributed by atoms with Gasteiger partial charge in [-0.25, -0.2) is 4.68 Å². The van der Waals surface area contributed by atoms with Crippen molar-refractivity contribution in [2.45, 2.75) is 25.9 Å². The van der Waals surface area contributed by atoms with Gasteiger partial charge in [0.15, 0.2) is 0 Å². The molecule has 102 valence electrons. The van der Waals surface area contributed by atoms with E-state index in [2.05, 4.69) is 22.6 Å². The Balaban J connectivity index is 2.44. The standard InChI is InChI=1S/C13H16Cl2N4/c1-3-7-19-11(8-17-18-19)13(16-2)9-5-4-6-10(14)12(9)15/h4-6,8,13,16H,3,7H2,1-2H3. The molecular weight excluding hydrogens is 283 g/mol. The van der Waals surface area contributed by atoms with Crippen LogP contribution in [0.1, 0.15) is 30.6 Å². The van der Waals surface area contributed by atoms with Crippen LogP contribution in [0.2, 0.25) is 10.0 Å². The summed E-state index contributed by atoms with van der Waals surface area (Å²) in [7, 11) is 1.88. The average molecular weight is 299 g/mol. The third kappa shape index (κ3) is 2.91. The molecule has 0 amide bonds. The number of aromatic nitrogens is 3. The molecule has 0 saturated carbocycles. The first-order chi connectivity index (χ1) is 9.19. The lowest BCUT2D eigenvalue weighted by Crippen LogP contribution is -2.22. The van der Waals surface area contributed by atoms with Gasteiger partial charge in [0.1, 0.15) is 0 Å². The highest BCUT2D eigenvalue weighted by molar-refractivity contribution is 6.42. The number of aryl methyl sites for hydroxylation is 1. The quantitative estimate of drug-likeness (QED) is 0.921. The van der Waals surface area contributed by atoms with Gasteiger partial charge in [0.2, 0.25) is 0 Å². The number of hydrogen-bond donors (Lipinski definition) is 1. The van der Waals surface area contributed by atoms with Crippen molar-refractivity contribution in [1.29, 1.82) is 0 Å². The summed E-state index contributed by atoms with van der Waals surface area (Å²) in [6.07, 6.45) is 2.75. The fraction of sp³-hybridized carbons (Fsp3) is 0.385. The summed E-state index contributed by atoms with van der Waals surface area (Å²) < 4.78 is 1.89. The van der Waals surface area contributed by atoms with Crippen LogP contribution in [-0.4, -0.2) is 22.0 Å². The molecule has 0 aliphatic carbocycles. The summed E-state index contributed by atoms with van der Waals surface area (Å²) >= 11 is 12.4. The van der Waals surface area contributed by atoms with Gasteiger partial charge in [-0.2, -0.15) is 0 Å². The maximum Gasteiger partial charge on any atom is 0.0802 e. The fourth-order valence-corrected chi connectivity index (χ4v) is 2.50. The second-order valence-corrected chi connectivity index (χ2v) is 5.03. The number of benzene rings is 1. The van der Waals surface area contributed by atoms with Gasteiger partial charge in [0.25, 0.3) is 0 Å². The van der Waals surface area contributed by atoms with Gasteiger partial charge in [-0.1, -0.05) is 47.5 Å². The molecule has 0 fully saturated rings. The summed E-state index contributed by atoms with van der Waals surface area (Å²) in [6, 6.07) is 5.55. The Bertz CT molecular complexity index is 553. The first kappa shape index (κ1) is 14.3. The highest BCUT2D eigenvalue weighted by Crippen LogP contribution is 2.32. The van der Waals surface area contributed by atoms with Crippen molar-refractivity contribution in [3.8, 4) is 0 Å². The smallest absolute Gasteiger partial charge is 0.0802 e. The second-order valence-electron chi connectivity index (χ2n) is 4.25. The van der Waals surface area contributed by atoms with Crippen LogP contribution < -0.4 is 5.32 Å². The SMILES string of the molecule is CCCn1nncc1C(NC)c1cccc(Cl)c1Cl. The van der Waals surface area contributed by atoms with Crippen molar-refractivity contribution in [1.82, 2.24) is 20.3 Å².